The Bertz CT molecular complexity index is 773. The molecule has 9 nitrogen and oxygen atoms in total. The van der Waals surface area contributed by atoms with E-state index < -0.39 is 43.7 Å². The second-order valence-electron chi connectivity index (χ2n) is 7.12. The summed E-state index contributed by atoms with van der Waals surface area (Å²) in [6, 6.07) is 0. The number of hydrogen-bond donors (Lipinski definition) is 2. The molecule has 3 heterocycles. The Kier molecular flexibility index (Phi) is 7.36. The van der Waals surface area contributed by atoms with Gasteiger partial charge in [-0.25, -0.2) is 0 Å². The molecule has 2 N–H and O–H groups in total. The van der Waals surface area contributed by atoms with E-state index in [2.05, 4.69) is 6.92 Å². The van der Waals surface area contributed by atoms with Crippen molar-refractivity contribution >= 4 is 8.17 Å². The van der Waals surface area contributed by atoms with Crippen molar-refractivity contribution in [1.82, 2.24) is 9.55 Å². The molecule has 28 heavy (non-hydrogen) atoms. The molecule has 1 aromatic heterocycles. The van der Waals surface area contributed by atoms with Crippen LogP contribution in [0.5, 0.6) is 0 Å². The number of H-pyrrole nitrogens is 1. The maximum absolute atomic E-state index is 13.5. The predicted octanol–water partition coefficient (Wildman–Crippen LogP) is 2.16. The van der Waals surface area contributed by atoms with Gasteiger partial charge in [0.25, 0.3) is 0 Å². The number of rotatable bonds is 9. The summed E-state index contributed by atoms with van der Waals surface area (Å²) < 4.78 is 36.7. The van der Waals surface area contributed by atoms with Crippen molar-refractivity contribution in [1.29, 1.82) is 0 Å². The topological polar surface area (TPSA) is 112 Å². The van der Waals surface area contributed by atoms with Gasteiger partial charge in [0.2, 0.25) is 0 Å². The third-order valence-electron chi connectivity index (χ3n) is 4.93. The van der Waals surface area contributed by atoms with E-state index in [1.807, 2.05) is 4.98 Å². The Morgan fingerprint density at radius 1 is 1.29 bits per heavy atom. The van der Waals surface area contributed by atoms with Crippen LogP contribution in [0.3, 0.4) is 0 Å². The third kappa shape index (κ3) is 5.25. The average Bonchev–Trinajstić information content (AvgIpc) is 3.06. The molecule has 0 saturated carbocycles. The first-order valence-corrected chi connectivity index (χ1v) is 11.4. The van der Waals surface area contributed by atoms with Crippen LogP contribution < -0.4 is 11.2 Å². The molecule has 0 aromatic carbocycles. The van der Waals surface area contributed by atoms with E-state index in [0.29, 0.717) is 6.61 Å². The second kappa shape index (κ2) is 9.56. The van der Waals surface area contributed by atoms with Crippen molar-refractivity contribution in [3.05, 3.63) is 32.9 Å². The van der Waals surface area contributed by atoms with Crippen molar-refractivity contribution in [2.24, 2.45) is 0 Å². The van der Waals surface area contributed by atoms with Crippen LogP contribution in [-0.4, -0.2) is 39.9 Å². The van der Waals surface area contributed by atoms with Gasteiger partial charge in [-0.2, -0.15) is 0 Å². The molecule has 0 bridgehead atoms. The summed E-state index contributed by atoms with van der Waals surface area (Å²) in [5, 5.41) is 0. The molecule has 1 aromatic rings. The van der Waals surface area contributed by atoms with Crippen molar-refractivity contribution < 1.29 is 27.6 Å². The number of hydrogen-bond acceptors (Lipinski definition) is 7. The molecular formula is C17H28FN2O7P. The molecule has 3 atom stereocenters. The summed E-state index contributed by atoms with van der Waals surface area (Å²) in [4.78, 5) is 35.5. The van der Waals surface area contributed by atoms with E-state index in [9.17, 15) is 18.9 Å². The first-order valence-electron chi connectivity index (χ1n) is 9.76. The first-order chi connectivity index (χ1) is 13.4. The number of nitrogens with zero attached hydrogens (tertiary/aromatic N) is 1. The molecule has 2 aliphatic rings. The van der Waals surface area contributed by atoms with Crippen LogP contribution in [0.15, 0.2) is 15.8 Å². The summed E-state index contributed by atoms with van der Waals surface area (Å²) in [5.74, 6) is -1.08. The van der Waals surface area contributed by atoms with E-state index in [-0.39, 0.29) is 13.0 Å². The van der Waals surface area contributed by atoms with Gasteiger partial charge in [-0.05, 0) is 0 Å². The predicted molar refractivity (Wildman–Crippen MR) is 100 cm³/mol. The van der Waals surface area contributed by atoms with Gasteiger partial charge < -0.3 is 0 Å². The summed E-state index contributed by atoms with van der Waals surface area (Å²) >= 11 is 0. The molecule has 3 rings (SSSR count). The SMILES string of the molecule is CCCCCCCCO[PH]1(O)OC[C@H]2O[C@@H](n3cc(F)c(=O)[nH]c3=O)C[C@@H]2O1. The zero-order chi connectivity index (χ0) is 20.1. The monoisotopic (exact) mass is 422 g/mol. The van der Waals surface area contributed by atoms with Crippen LogP contribution >= 0.6 is 8.17 Å². The number of ether oxygens (including phenoxy) is 1. The Hall–Kier alpha value is -1.16. The molecular weight excluding hydrogens is 394 g/mol. The van der Waals surface area contributed by atoms with E-state index in [4.69, 9.17) is 18.3 Å². The van der Waals surface area contributed by atoms with E-state index >= 15 is 0 Å². The van der Waals surface area contributed by atoms with Gasteiger partial charge in [-0.3, -0.25) is 0 Å². The summed E-state index contributed by atoms with van der Waals surface area (Å²) in [6.07, 6.45) is 5.69. The normalized spacial score (nSPS) is 27.5. The van der Waals surface area contributed by atoms with E-state index in [0.717, 1.165) is 30.0 Å². The minimum atomic E-state index is -3.76. The molecule has 0 radical (unpaired) electrons. The van der Waals surface area contributed by atoms with Crippen LogP contribution in [0, 0.1) is 5.82 Å². The molecule has 11 heteroatoms. The van der Waals surface area contributed by atoms with Gasteiger partial charge in [0.15, 0.2) is 0 Å². The molecule has 160 valence electrons. The quantitative estimate of drug-likeness (QED) is 0.463. The molecule has 2 fully saturated rings. The van der Waals surface area contributed by atoms with Gasteiger partial charge in [0.1, 0.15) is 0 Å². The van der Waals surface area contributed by atoms with Crippen molar-refractivity contribution in [3.8, 4) is 0 Å². The van der Waals surface area contributed by atoms with Gasteiger partial charge >= 0.3 is 162 Å². The fourth-order valence-corrected chi connectivity index (χ4v) is 5.02. The van der Waals surface area contributed by atoms with Crippen LogP contribution in [0.1, 0.15) is 58.1 Å². The summed E-state index contributed by atoms with van der Waals surface area (Å²) in [5.41, 5.74) is -1.86. The van der Waals surface area contributed by atoms with Gasteiger partial charge in [-0.1, -0.05) is 0 Å². The van der Waals surface area contributed by atoms with Crippen LogP contribution in [0.25, 0.3) is 0 Å². The van der Waals surface area contributed by atoms with Crippen LogP contribution in [0.4, 0.5) is 4.39 Å². The number of fused-ring (bicyclic) bond motifs is 1. The molecule has 0 unspecified atom stereocenters. The number of unbranched alkanes of at least 4 members (excludes halogenated alkanes) is 5. The van der Waals surface area contributed by atoms with Crippen LogP contribution in [0.2, 0.25) is 0 Å². The zero-order valence-electron chi connectivity index (χ0n) is 15.9. The molecule has 2 aliphatic heterocycles. The fraction of sp³-hybridized carbons (Fsp3) is 0.765. The summed E-state index contributed by atoms with van der Waals surface area (Å²) in [6.45, 7) is 2.57. The molecule has 0 spiro atoms. The zero-order valence-corrected chi connectivity index (χ0v) is 16.9. The number of aromatic nitrogens is 2. The average molecular weight is 422 g/mol. The Morgan fingerprint density at radius 2 is 2.04 bits per heavy atom. The number of halogens is 1. The maximum atomic E-state index is 13.5. The molecule has 2 saturated heterocycles. The summed E-state index contributed by atoms with van der Waals surface area (Å²) in [7, 11) is -3.76. The van der Waals surface area contributed by atoms with Crippen LogP contribution in [-0.2, 0) is 18.3 Å². The Balaban J connectivity index is 1.51. The Labute approximate surface area is 162 Å². The van der Waals surface area contributed by atoms with Crippen molar-refractivity contribution in [2.75, 3.05) is 13.2 Å². The Morgan fingerprint density at radius 3 is 2.82 bits per heavy atom. The van der Waals surface area contributed by atoms with Crippen molar-refractivity contribution in [2.45, 2.75) is 70.3 Å². The van der Waals surface area contributed by atoms with Gasteiger partial charge in [0.05, 0.1) is 0 Å². The second-order valence-corrected chi connectivity index (χ2v) is 8.98. The number of nitrogens with one attached hydrogen (secondary N) is 1. The minimum absolute atomic E-state index is 0.0565. The van der Waals surface area contributed by atoms with E-state index in [1.54, 1.807) is 0 Å². The van der Waals surface area contributed by atoms with Gasteiger partial charge in [-0.15, -0.1) is 0 Å². The van der Waals surface area contributed by atoms with E-state index in [1.165, 1.54) is 19.3 Å². The standard InChI is InChI=1S/C17H28FN2O7P/c1-2-3-4-5-6-7-8-24-28(23)25-11-14-13(27-28)9-15(26-14)20-10-12(18)16(21)19-17(20)22/h10,13-15,23,28H,2-9,11H2,1H3,(H,19,21,22)/t13-,14+,15+/m0/s1. The molecule has 0 amide bonds. The third-order valence-corrected chi connectivity index (χ3v) is 6.63. The fourth-order valence-electron chi connectivity index (χ4n) is 3.39. The number of aromatic amines is 1. The first kappa shape index (κ1) is 21.5. The van der Waals surface area contributed by atoms with Gasteiger partial charge in [0, 0.05) is 0 Å². The molecule has 0 aliphatic carbocycles. The van der Waals surface area contributed by atoms with Crippen molar-refractivity contribution in [3.63, 3.8) is 0 Å².